The summed E-state index contributed by atoms with van der Waals surface area (Å²) in [6.45, 7) is 10.2. The van der Waals surface area contributed by atoms with Crippen molar-refractivity contribution in [1.82, 2.24) is 9.97 Å². The van der Waals surface area contributed by atoms with Crippen LogP contribution in [0.2, 0.25) is 0 Å². The monoisotopic (exact) mass is 267 g/mol. The van der Waals surface area contributed by atoms with Crippen LogP contribution in [-0.2, 0) is 11.2 Å². The first kappa shape index (κ1) is 15.7. The molecule has 0 aliphatic heterocycles. The number of anilines is 1. The maximum Gasteiger partial charge on any atom is 0.221 e. The van der Waals surface area contributed by atoms with Gasteiger partial charge in [0, 0.05) is 6.54 Å². The Kier molecular flexibility index (Phi) is 7.18. The molecule has 1 heterocycles. The number of nitrogens with one attached hydrogen (secondary N) is 1. The van der Waals surface area contributed by atoms with E-state index >= 15 is 0 Å². The maximum atomic E-state index is 5.68. The zero-order valence-electron chi connectivity index (χ0n) is 12.4. The van der Waals surface area contributed by atoms with Crippen LogP contribution in [0.4, 0.5) is 5.82 Å². The molecule has 0 amide bonds. The van der Waals surface area contributed by atoms with Crippen LogP contribution in [0.25, 0.3) is 0 Å². The molecular formula is C14H25N3O2. The van der Waals surface area contributed by atoms with E-state index in [2.05, 4.69) is 29.1 Å². The number of hydrogen-bond donors (Lipinski definition) is 1. The van der Waals surface area contributed by atoms with Gasteiger partial charge in [-0.2, -0.15) is 0 Å². The molecule has 5 heteroatoms. The lowest BCUT2D eigenvalue weighted by Crippen LogP contribution is -2.14. The Morgan fingerprint density at radius 3 is 2.63 bits per heavy atom. The SMILES string of the molecule is CCCNc1ncnc(OCCOC(C)C)c1CC. The molecule has 0 aliphatic carbocycles. The fraction of sp³-hybridized carbons (Fsp3) is 0.714. The Hall–Kier alpha value is -1.36. The standard InChI is InChI=1S/C14H25N3O2/c1-5-7-15-13-12(6-2)14(17-10-16-13)19-9-8-18-11(3)4/h10-11H,5-9H2,1-4H3,(H,15,16,17). The van der Waals surface area contributed by atoms with Crippen molar-refractivity contribution in [2.45, 2.75) is 46.6 Å². The third-order valence-corrected chi connectivity index (χ3v) is 2.58. The minimum Gasteiger partial charge on any atom is -0.475 e. The zero-order chi connectivity index (χ0) is 14.1. The number of nitrogens with zero attached hydrogens (tertiary/aromatic N) is 2. The highest BCUT2D eigenvalue weighted by Gasteiger charge is 2.10. The van der Waals surface area contributed by atoms with E-state index in [1.807, 2.05) is 13.8 Å². The molecule has 0 saturated heterocycles. The quantitative estimate of drug-likeness (QED) is 0.697. The third-order valence-electron chi connectivity index (χ3n) is 2.58. The fourth-order valence-electron chi connectivity index (χ4n) is 1.66. The van der Waals surface area contributed by atoms with Gasteiger partial charge in [0.1, 0.15) is 18.8 Å². The smallest absolute Gasteiger partial charge is 0.221 e. The van der Waals surface area contributed by atoms with Gasteiger partial charge in [0.2, 0.25) is 5.88 Å². The lowest BCUT2D eigenvalue weighted by Gasteiger charge is -2.14. The van der Waals surface area contributed by atoms with Crippen molar-refractivity contribution in [3.05, 3.63) is 11.9 Å². The van der Waals surface area contributed by atoms with Gasteiger partial charge >= 0.3 is 0 Å². The first-order valence-electron chi connectivity index (χ1n) is 7.01. The van der Waals surface area contributed by atoms with Crippen LogP contribution in [0, 0.1) is 0 Å². The van der Waals surface area contributed by atoms with Crippen LogP contribution in [0.15, 0.2) is 6.33 Å². The Morgan fingerprint density at radius 1 is 1.21 bits per heavy atom. The van der Waals surface area contributed by atoms with E-state index in [0.29, 0.717) is 19.1 Å². The van der Waals surface area contributed by atoms with Gasteiger partial charge in [-0.05, 0) is 26.7 Å². The molecule has 108 valence electrons. The number of aromatic nitrogens is 2. The maximum absolute atomic E-state index is 5.68. The van der Waals surface area contributed by atoms with Gasteiger partial charge in [-0.25, -0.2) is 9.97 Å². The van der Waals surface area contributed by atoms with Crippen molar-refractivity contribution in [2.75, 3.05) is 25.1 Å². The summed E-state index contributed by atoms with van der Waals surface area (Å²) in [6, 6.07) is 0. The largest absolute Gasteiger partial charge is 0.475 e. The molecule has 0 aromatic carbocycles. The van der Waals surface area contributed by atoms with Gasteiger partial charge in [-0.3, -0.25) is 0 Å². The predicted octanol–water partition coefficient (Wildman–Crippen LogP) is 2.66. The van der Waals surface area contributed by atoms with E-state index in [1.54, 1.807) is 0 Å². The molecule has 0 fully saturated rings. The lowest BCUT2D eigenvalue weighted by atomic mass is 10.2. The molecule has 0 bridgehead atoms. The van der Waals surface area contributed by atoms with Crippen molar-refractivity contribution in [1.29, 1.82) is 0 Å². The molecule has 0 spiro atoms. The van der Waals surface area contributed by atoms with Crippen molar-refractivity contribution in [3.8, 4) is 5.88 Å². The summed E-state index contributed by atoms with van der Waals surface area (Å²) in [5.74, 6) is 1.53. The Bertz CT molecular complexity index is 370. The van der Waals surface area contributed by atoms with E-state index < -0.39 is 0 Å². The van der Waals surface area contributed by atoms with Crippen LogP contribution < -0.4 is 10.1 Å². The molecule has 5 nitrogen and oxygen atoms in total. The molecule has 0 atom stereocenters. The van der Waals surface area contributed by atoms with Gasteiger partial charge in [-0.1, -0.05) is 13.8 Å². The Labute approximate surface area is 115 Å². The summed E-state index contributed by atoms with van der Waals surface area (Å²) in [5, 5.41) is 3.30. The van der Waals surface area contributed by atoms with E-state index in [9.17, 15) is 0 Å². The van der Waals surface area contributed by atoms with Gasteiger partial charge in [0.15, 0.2) is 0 Å². The highest BCUT2D eigenvalue weighted by atomic mass is 16.5. The highest BCUT2D eigenvalue weighted by molar-refractivity contribution is 5.48. The highest BCUT2D eigenvalue weighted by Crippen LogP contribution is 2.22. The number of ether oxygens (including phenoxy) is 2. The van der Waals surface area contributed by atoms with Crippen LogP contribution in [0.3, 0.4) is 0 Å². The van der Waals surface area contributed by atoms with Crippen molar-refractivity contribution in [2.24, 2.45) is 0 Å². The molecule has 1 rings (SSSR count). The Balaban J connectivity index is 2.61. The van der Waals surface area contributed by atoms with Crippen LogP contribution >= 0.6 is 0 Å². The summed E-state index contributed by atoms with van der Waals surface area (Å²) in [4.78, 5) is 8.48. The number of hydrogen-bond acceptors (Lipinski definition) is 5. The van der Waals surface area contributed by atoms with Gasteiger partial charge < -0.3 is 14.8 Å². The van der Waals surface area contributed by atoms with Crippen molar-refractivity contribution >= 4 is 5.82 Å². The second-order valence-corrected chi connectivity index (χ2v) is 4.55. The average Bonchev–Trinajstić information content (AvgIpc) is 2.41. The summed E-state index contributed by atoms with van der Waals surface area (Å²) < 4.78 is 11.1. The fourth-order valence-corrected chi connectivity index (χ4v) is 1.66. The summed E-state index contributed by atoms with van der Waals surface area (Å²) in [7, 11) is 0. The third kappa shape index (κ3) is 5.42. The van der Waals surface area contributed by atoms with Crippen LogP contribution in [0.1, 0.15) is 39.7 Å². The van der Waals surface area contributed by atoms with Gasteiger partial charge in [0.05, 0.1) is 18.3 Å². The van der Waals surface area contributed by atoms with E-state index in [0.717, 1.165) is 30.8 Å². The molecule has 1 aromatic rings. The number of rotatable bonds is 9. The summed E-state index contributed by atoms with van der Waals surface area (Å²) >= 11 is 0. The van der Waals surface area contributed by atoms with E-state index in [4.69, 9.17) is 9.47 Å². The molecule has 1 aromatic heterocycles. The Morgan fingerprint density at radius 2 is 2.00 bits per heavy atom. The second-order valence-electron chi connectivity index (χ2n) is 4.55. The molecule has 19 heavy (non-hydrogen) atoms. The molecule has 0 radical (unpaired) electrons. The van der Waals surface area contributed by atoms with Crippen molar-refractivity contribution < 1.29 is 9.47 Å². The minimum absolute atomic E-state index is 0.224. The van der Waals surface area contributed by atoms with Gasteiger partial charge in [-0.15, -0.1) is 0 Å². The first-order chi connectivity index (χ1) is 9.19. The predicted molar refractivity (Wildman–Crippen MR) is 76.8 cm³/mol. The van der Waals surface area contributed by atoms with E-state index in [-0.39, 0.29) is 6.10 Å². The molecule has 0 saturated carbocycles. The normalized spacial score (nSPS) is 10.8. The summed E-state index contributed by atoms with van der Waals surface area (Å²) in [5.41, 5.74) is 1.03. The molecule has 0 aliphatic rings. The van der Waals surface area contributed by atoms with Crippen LogP contribution in [-0.4, -0.2) is 35.8 Å². The van der Waals surface area contributed by atoms with E-state index in [1.165, 1.54) is 6.33 Å². The summed E-state index contributed by atoms with van der Waals surface area (Å²) in [6.07, 6.45) is 3.66. The topological polar surface area (TPSA) is 56.3 Å². The molecule has 1 N–H and O–H groups in total. The zero-order valence-corrected chi connectivity index (χ0v) is 12.4. The molecule has 0 unspecified atom stereocenters. The minimum atomic E-state index is 0.224. The van der Waals surface area contributed by atoms with Crippen LogP contribution in [0.5, 0.6) is 5.88 Å². The van der Waals surface area contributed by atoms with Crippen molar-refractivity contribution in [3.63, 3.8) is 0 Å². The lowest BCUT2D eigenvalue weighted by molar-refractivity contribution is 0.0540. The first-order valence-corrected chi connectivity index (χ1v) is 7.01. The molecular weight excluding hydrogens is 242 g/mol. The average molecular weight is 267 g/mol. The second kappa shape index (κ2) is 8.69. The van der Waals surface area contributed by atoms with Gasteiger partial charge in [0.25, 0.3) is 0 Å².